The maximum atomic E-state index is 11.5. The fraction of sp³-hybridized carbons (Fsp3) is 0.455. The quantitative estimate of drug-likeness (QED) is 0.815. The summed E-state index contributed by atoms with van der Waals surface area (Å²) in [4.78, 5) is 17.3. The number of aromatic nitrogens is 1. The van der Waals surface area contributed by atoms with Gasteiger partial charge in [0.15, 0.2) is 0 Å². The molecule has 1 heterocycles. The number of carbonyl (C=O) groups excluding carboxylic acids is 1. The number of carbonyl (C=O) groups is 1. The van der Waals surface area contributed by atoms with Crippen molar-refractivity contribution >= 4 is 6.03 Å². The van der Waals surface area contributed by atoms with E-state index >= 15 is 0 Å². The third-order valence-corrected chi connectivity index (χ3v) is 2.00. The van der Waals surface area contributed by atoms with Gasteiger partial charge >= 0.3 is 6.03 Å². The van der Waals surface area contributed by atoms with E-state index in [9.17, 15) is 4.79 Å². The largest absolute Gasteiger partial charge is 0.338 e. The summed E-state index contributed by atoms with van der Waals surface area (Å²) >= 11 is 0. The molecule has 0 spiro atoms. The SMILES string of the molecule is CCCNC(=O)N(C)Cc1ccccn1. The minimum Gasteiger partial charge on any atom is -0.338 e. The summed E-state index contributed by atoms with van der Waals surface area (Å²) in [7, 11) is 1.76. The minimum absolute atomic E-state index is 0.0532. The number of amides is 2. The van der Waals surface area contributed by atoms with Gasteiger partial charge in [0.25, 0.3) is 0 Å². The predicted octanol–water partition coefficient (Wildman–Crippen LogP) is 1.63. The molecule has 0 radical (unpaired) electrons. The summed E-state index contributed by atoms with van der Waals surface area (Å²) in [6.45, 7) is 3.28. The van der Waals surface area contributed by atoms with E-state index in [-0.39, 0.29) is 6.03 Å². The topological polar surface area (TPSA) is 45.2 Å². The molecule has 15 heavy (non-hydrogen) atoms. The molecule has 4 heteroatoms. The normalized spacial score (nSPS) is 9.73. The van der Waals surface area contributed by atoms with Gasteiger partial charge in [-0.1, -0.05) is 13.0 Å². The lowest BCUT2D eigenvalue weighted by atomic mass is 10.3. The average molecular weight is 207 g/mol. The van der Waals surface area contributed by atoms with Crippen molar-refractivity contribution < 1.29 is 4.79 Å². The highest BCUT2D eigenvalue weighted by Crippen LogP contribution is 1.98. The van der Waals surface area contributed by atoms with E-state index in [0.717, 1.165) is 12.1 Å². The Morgan fingerprint density at radius 1 is 1.53 bits per heavy atom. The summed E-state index contributed by atoms with van der Waals surface area (Å²) in [5.41, 5.74) is 0.895. The molecule has 82 valence electrons. The van der Waals surface area contributed by atoms with Gasteiger partial charge in [0.2, 0.25) is 0 Å². The molecule has 0 saturated carbocycles. The van der Waals surface area contributed by atoms with Crippen LogP contribution in [0.25, 0.3) is 0 Å². The Balaban J connectivity index is 2.41. The lowest BCUT2D eigenvalue weighted by molar-refractivity contribution is 0.206. The van der Waals surface area contributed by atoms with Gasteiger partial charge in [-0.2, -0.15) is 0 Å². The van der Waals surface area contributed by atoms with Crippen molar-refractivity contribution in [3.05, 3.63) is 30.1 Å². The Hall–Kier alpha value is -1.58. The van der Waals surface area contributed by atoms with Crippen LogP contribution < -0.4 is 5.32 Å². The van der Waals surface area contributed by atoms with Crippen LogP contribution in [0.2, 0.25) is 0 Å². The molecule has 1 aromatic heterocycles. The Morgan fingerprint density at radius 2 is 2.33 bits per heavy atom. The first-order chi connectivity index (χ1) is 7.24. The highest BCUT2D eigenvalue weighted by Gasteiger charge is 2.07. The van der Waals surface area contributed by atoms with Crippen LogP contribution in [-0.2, 0) is 6.54 Å². The fourth-order valence-electron chi connectivity index (χ4n) is 1.17. The molecule has 2 amide bonds. The van der Waals surface area contributed by atoms with Gasteiger partial charge in [0, 0.05) is 19.8 Å². The van der Waals surface area contributed by atoms with E-state index < -0.39 is 0 Å². The van der Waals surface area contributed by atoms with Crippen LogP contribution in [0.3, 0.4) is 0 Å². The first kappa shape index (κ1) is 11.5. The molecule has 0 aliphatic rings. The zero-order chi connectivity index (χ0) is 11.1. The number of nitrogens with one attached hydrogen (secondary N) is 1. The Morgan fingerprint density at radius 3 is 2.93 bits per heavy atom. The summed E-state index contributed by atoms with van der Waals surface area (Å²) in [5, 5.41) is 2.81. The number of urea groups is 1. The van der Waals surface area contributed by atoms with Crippen LogP contribution in [0.1, 0.15) is 19.0 Å². The predicted molar refractivity (Wildman–Crippen MR) is 59.4 cm³/mol. The van der Waals surface area contributed by atoms with Crippen molar-refractivity contribution in [3.8, 4) is 0 Å². The molecule has 0 bridgehead atoms. The highest BCUT2D eigenvalue weighted by atomic mass is 16.2. The third kappa shape index (κ3) is 3.97. The van der Waals surface area contributed by atoms with Gasteiger partial charge in [-0.25, -0.2) is 4.79 Å². The maximum Gasteiger partial charge on any atom is 0.317 e. The second kappa shape index (κ2) is 6.01. The number of hydrogen-bond donors (Lipinski definition) is 1. The number of hydrogen-bond acceptors (Lipinski definition) is 2. The molecule has 1 N–H and O–H groups in total. The fourth-order valence-corrected chi connectivity index (χ4v) is 1.17. The second-order valence-corrected chi connectivity index (χ2v) is 3.41. The van der Waals surface area contributed by atoms with Crippen LogP contribution in [-0.4, -0.2) is 29.5 Å². The monoisotopic (exact) mass is 207 g/mol. The van der Waals surface area contributed by atoms with Crippen molar-refractivity contribution in [2.75, 3.05) is 13.6 Å². The average Bonchev–Trinajstić information content (AvgIpc) is 2.27. The second-order valence-electron chi connectivity index (χ2n) is 3.41. The summed E-state index contributed by atoms with van der Waals surface area (Å²) in [5.74, 6) is 0. The molecule has 0 aliphatic carbocycles. The van der Waals surface area contributed by atoms with E-state index in [1.807, 2.05) is 25.1 Å². The van der Waals surface area contributed by atoms with Crippen LogP contribution in [0.5, 0.6) is 0 Å². The summed E-state index contributed by atoms with van der Waals surface area (Å²) in [6, 6.07) is 5.63. The third-order valence-electron chi connectivity index (χ3n) is 2.00. The van der Waals surface area contributed by atoms with Crippen LogP contribution >= 0.6 is 0 Å². The molecule has 1 aromatic rings. The Kier molecular flexibility index (Phi) is 4.60. The standard InChI is InChI=1S/C11H17N3O/c1-3-7-13-11(15)14(2)9-10-6-4-5-8-12-10/h4-6,8H,3,7,9H2,1-2H3,(H,13,15). The van der Waals surface area contributed by atoms with Gasteiger partial charge in [0.05, 0.1) is 12.2 Å². The molecular formula is C11H17N3O. The van der Waals surface area contributed by atoms with Crippen LogP contribution in [0.4, 0.5) is 4.79 Å². The Bertz CT molecular complexity index is 300. The van der Waals surface area contributed by atoms with Crippen molar-refractivity contribution in [1.29, 1.82) is 0 Å². The summed E-state index contributed by atoms with van der Waals surface area (Å²) < 4.78 is 0. The Labute approximate surface area is 90.3 Å². The van der Waals surface area contributed by atoms with Gasteiger partial charge < -0.3 is 10.2 Å². The lowest BCUT2D eigenvalue weighted by Gasteiger charge is -2.17. The van der Waals surface area contributed by atoms with Crippen molar-refractivity contribution in [2.45, 2.75) is 19.9 Å². The molecule has 0 saturated heterocycles. The number of nitrogens with zero attached hydrogens (tertiary/aromatic N) is 2. The summed E-state index contributed by atoms with van der Waals surface area (Å²) in [6.07, 6.45) is 2.68. The van der Waals surface area contributed by atoms with Crippen molar-refractivity contribution in [3.63, 3.8) is 0 Å². The zero-order valence-electron chi connectivity index (χ0n) is 9.23. The van der Waals surface area contributed by atoms with Gasteiger partial charge in [0.1, 0.15) is 0 Å². The number of rotatable bonds is 4. The lowest BCUT2D eigenvalue weighted by Crippen LogP contribution is -2.37. The first-order valence-electron chi connectivity index (χ1n) is 5.13. The molecule has 0 aliphatic heterocycles. The van der Waals surface area contributed by atoms with Crippen LogP contribution in [0.15, 0.2) is 24.4 Å². The van der Waals surface area contributed by atoms with Crippen LogP contribution in [0, 0.1) is 0 Å². The molecule has 0 unspecified atom stereocenters. The molecule has 4 nitrogen and oxygen atoms in total. The van der Waals surface area contributed by atoms with Gasteiger partial charge in [-0.15, -0.1) is 0 Å². The van der Waals surface area contributed by atoms with Crippen molar-refractivity contribution in [1.82, 2.24) is 15.2 Å². The molecule has 0 aromatic carbocycles. The van der Waals surface area contributed by atoms with Crippen molar-refractivity contribution in [2.24, 2.45) is 0 Å². The van der Waals surface area contributed by atoms with Gasteiger partial charge in [-0.05, 0) is 18.6 Å². The van der Waals surface area contributed by atoms with Gasteiger partial charge in [-0.3, -0.25) is 4.98 Å². The number of pyridine rings is 1. The first-order valence-corrected chi connectivity index (χ1v) is 5.13. The molecule has 0 atom stereocenters. The highest BCUT2D eigenvalue weighted by molar-refractivity contribution is 5.73. The van der Waals surface area contributed by atoms with E-state index in [1.165, 1.54) is 0 Å². The molecule has 1 rings (SSSR count). The molecule has 0 fully saturated rings. The molecular weight excluding hydrogens is 190 g/mol. The maximum absolute atomic E-state index is 11.5. The van der Waals surface area contributed by atoms with E-state index in [0.29, 0.717) is 13.1 Å². The van der Waals surface area contributed by atoms with E-state index in [2.05, 4.69) is 10.3 Å². The zero-order valence-corrected chi connectivity index (χ0v) is 9.23. The van der Waals surface area contributed by atoms with E-state index in [4.69, 9.17) is 0 Å². The van der Waals surface area contributed by atoms with E-state index in [1.54, 1.807) is 18.1 Å². The minimum atomic E-state index is -0.0532. The smallest absolute Gasteiger partial charge is 0.317 e.